The Balaban J connectivity index is 2.15. The fourth-order valence-electron chi connectivity index (χ4n) is 1.70. The maximum absolute atomic E-state index is 11.9. The first-order valence-corrected chi connectivity index (χ1v) is 7.37. The van der Waals surface area contributed by atoms with Crippen LogP contribution in [0.15, 0.2) is 28.2 Å². The number of nitrogens with two attached hydrogens (primary N) is 1. The van der Waals surface area contributed by atoms with E-state index in [1.165, 1.54) is 0 Å². The van der Waals surface area contributed by atoms with Crippen molar-refractivity contribution in [2.24, 2.45) is 0 Å². The lowest BCUT2D eigenvalue weighted by Crippen LogP contribution is -2.25. The van der Waals surface area contributed by atoms with Crippen molar-refractivity contribution in [3.8, 4) is 0 Å². The first kappa shape index (κ1) is 15.4. The summed E-state index contributed by atoms with van der Waals surface area (Å²) in [4.78, 5) is 30.5. The molecule has 0 atom stereocenters. The number of hydrogen-bond donors (Lipinski definition) is 2. The van der Waals surface area contributed by atoms with Crippen LogP contribution in [0.1, 0.15) is 20.8 Å². The number of ether oxygens (including phenoxy) is 1. The Kier molecular flexibility index (Phi) is 4.22. The van der Waals surface area contributed by atoms with Crippen molar-refractivity contribution in [3.05, 3.63) is 28.6 Å². The Labute approximate surface area is 126 Å². The summed E-state index contributed by atoms with van der Waals surface area (Å²) >= 11 is 1.13. The van der Waals surface area contributed by atoms with Crippen LogP contribution in [-0.4, -0.2) is 27.3 Å². The predicted molar refractivity (Wildman–Crippen MR) is 83.3 cm³/mol. The smallest absolute Gasteiger partial charge is 0.316 e. The van der Waals surface area contributed by atoms with Crippen molar-refractivity contribution in [3.63, 3.8) is 0 Å². The molecule has 0 saturated carbocycles. The number of anilines is 1. The van der Waals surface area contributed by atoms with Gasteiger partial charge in [0, 0.05) is 5.69 Å². The summed E-state index contributed by atoms with van der Waals surface area (Å²) in [7, 11) is 0. The Morgan fingerprint density at radius 1 is 1.43 bits per heavy atom. The van der Waals surface area contributed by atoms with E-state index in [2.05, 4.69) is 9.97 Å². The van der Waals surface area contributed by atoms with Crippen LogP contribution in [0, 0.1) is 0 Å². The molecule has 1 aromatic carbocycles. The normalized spacial score (nSPS) is 11.6. The summed E-state index contributed by atoms with van der Waals surface area (Å²) in [5.41, 5.74) is 5.88. The van der Waals surface area contributed by atoms with Gasteiger partial charge in [-0.15, -0.1) is 0 Å². The molecule has 1 heterocycles. The van der Waals surface area contributed by atoms with E-state index in [4.69, 9.17) is 10.5 Å². The second kappa shape index (κ2) is 5.77. The average Bonchev–Trinajstić information content (AvgIpc) is 2.35. The molecule has 0 aliphatic heterocycles. The molecule has 0 radical (unpaired) electrons. The van der Waals surface area contributed by atoms with E-state index in [1.54, 1.807) is 39.0 Å². The lowest BCUT2D eigenvalue weighted by atomic mass is 10.2. The van der Waals surface area contributed by atoms with Gasteiger partial charge in [-0.3, -0.25) is 9.59 Å². The second-order valence-corrected chi connectivity index (χ2v) is 6.49. The zero-order valence-corrected chi connectivity index (χ0v) is 12.9. The van der Waals surface area contributed by atoms with E-state index < -0.39 is 5.60 Å². The molecule has 2 aromatic rings. The highest BCUT2D eigenvalue weighted by Gasteiger charge is 2.16. The fraction of sp³-hybridized carbons (Fsp3) is 0.357. The molecule has 112 valence electrons. The molecular weight excluding hydrogens is 290 g/mol. The molecule has 0 aliphatic rings. The Morgan fingerprint density at radius 2 is 2.14 bits per heavy atom. The molecule has 21 heavy (non-hydrogen) atoms. The third-order valence-corrected chi connectivity index (χ3v) is 3.30. The zero-order valence-electron chi connectivity index (χ0n) is 12.1. The van der Waals surface area contributed by atoms with E-state index in [1.807, 2.05) is 0 Å². The maximum atomic E-state index is 11.9. The molecule has 2 rings (SSSR count). The summed E-state index contributed by atoms with van der Waals surface area (Å²) in [5, 5.41) is 0.805. The summed E-state index contributed by atoms with van der Waals surface area (Å²) in [5.74, 6) is -0.270. The van der Waals surface area contributed by atoms with E-state index in [0.717, 1.165) is 11.8 Å². The fourth-order valence-corrected chi connectivity index (χ4v) is 2.34. The number of hydrogen-bond acceptors (Lipinski definition) is 6. The molecule has 0 saturated heterocycles. The largest absolute Gasteiger partial charge is 0.459 e. The topological polar surface area (TPSA) is 98.1 Å². The zero-order chi connectivity index (χ0) is 15.6. The molecule has 0 unspecified atom stereocenters. The SMILES string of the molecule is CC(C)(C)OC(=O)CSc1nc2ccc(N)cc2c(=O)[nH]1. The van der Waals surface area contributed by atoms with Gasteiger partial charge >= 0.3 is 5.97 Å². The lowest BCUT2D eigenvalue weighted by Gasteiger charge is -2.19. The first-order valence-electron chi connectivity index (χ1n) is 6.39. The minimum absolute atomic E-state index is 0.0840. The van der Waals surface area contributed by atoms with Crippen LogP contribution < -0.4 is 11.3 Å². The van der Waals surface area contributed by atoms with Crippen molar-refractivity contribution in [2.45, 2.75) is 31.5 Å². The van der Waals surface area contributed by atoms with Gasteiger partial charge in [0.05, 0.1) is 16.7 Å². The molecule has 0 fully saturated rings. The van der Waals surface area contributed by atoms with Crippen molar-refractivity contribution >= 4 is 34.3 Å². The van der Waals surface area contributed by atoms with Crippen molar-refractivity contribution in [2.75, 3.05) is 11.5 Å². The monoisotopic (exact) mass is 307 g/mol. The molecular formula is C14H17N3O3S. The van der Waals surface area contributed by atoms with E-state index >= 15 is 0 Å². The predicted octanol–water partition coefficient (Wildman–Crippen LogP) is 1.94. The van der Waals surface area contributed by atoms with Crippen LogP contribution in [0.3, 0.4) is 0 Å². The van der Waals surface area contributed by atoms with Gasteiger partial charge in [0.1, 0.15) is 5.60 Å². The Bertz CT molecular complexity index is 734. The number of carbonyl (C=O) groups is 1. The highest BCUT2D eigenvalue weighted by atomic mass is 32.2. The van der Waals surface area contributed by atoms with Crippen LogP contribution in [0.25, 0.3) is 10.9 Å². The lowest BCUT2D eigenvalue weighted by molar-refractivity contribution is -0.151. The molecule has 7 heteroatoms. The number of aromatic nitrogens is 2. The number of nitrogen functional groups attached to an aromatic ring is 1. The average molecular weight is 307 g/mol. The van der Waals surface area contributed by atoms with Crippen LogP contribution >= 0.6 is 11.8 Å². The number of nitrogens with one attached hydrogen (secondary N) is 1. The van der Waals surface area contributed by atoms with Crippen LogP contribution in [0.5, 0.6) is 0 Å². The summed E-state index contributed by atoms with van der Waals surface area (Å²) in [6.45, 7) is 5.41. The second-order valence-electron chi connectivity index (χ2n) is 5.52. The van der Waals surface area contributed by atoms with E-state index in [-0.39, 0.29) is 17.3 Å². The molecule has 0 amide bonds. The van der Waals surface area contributed by atoms with Gasteiger partial charge in [-0.2, -0.15) is 0 Å². The van der Waals surface area contributed by atoms with Gasteiger partial charge < -0.3 is 15.5 Å². The van der Waals surface area contributed by atoms with Gasteiger partial charge in [0.2, 0.25) is 0 Å². The Hall–Kier alpha value is -2.02. The van der Waals surface area contributed by atoms with Crippen molar-refractivity contribution in [1.82, 2.24) is 9.97 Å². The molecule has 6 nitrogen and oxygen atoms in total. The quantitative estimate of drug-likeness (QED) is 0.389. The molecule has 3 N–H and O–H groups in total. The number of H-pyrrole nitrogens is 1. The van der Waals surface area contributed by atoms with E-state index in [9.17, 15) is 9.59 Å². The van der Waals surface area contributed by atoms with Crippen LogP contribution in [-0.2, 0) is 9.53 Å². The Morgan fingerprint density at radius 3 is 2.81 bits per heavy atom. The third kappa shape index (κ3) is 4.22. The number of thioether (sulfide) groups is 1. The van der Waals surface area contributed by atoms with Gasteiger partial charge in [-0.05, 0) is 39.0 Å². The first-order chi connectivity index (χ1) is 9.74. The third-order valence-electron chi connectivity index (χ3n) is 2.45. The van der Waals surface area contributed by atoms with Gasteiger partial charge in [0.15, 0.2) is 5.16 Å². The van der Waals surface area contributed by atoms with Crippen molar-refractivity contribution in [1.29, 1.82) is 0 Å². The molecule has 0 aliphatic carbocycles. The number of nitrogens with zero attached hydrogens (tertiary/aromatic N) is 1. The number of carbonyl (C=O) groups excluding carboxylic acids is 1. The summed E-state index contributed by atoms with van der Waals surface area (Å²) < 4.78 is 5.20. The summed E-state index contributed by atoms with van der Waals surface area (Å²) in [6.07, 6.45) is 0. The highest BCUT2D eigenvalue weighted by Crippen LogP contribution is 2.18. The van der Waals surface area contributed by atoms with E-state index in [0.29, 0.717) is 21.7 Å². The van der Waals surface area contributed by atoms with Crippen LogP contribution in [0.2, 0.25) is 0 Å². The van der Waals surface area contributed by atoms with Crippen LogP contribution in [0.4, 0.5) is 5.69 Å². The van der Waals surface area contributed by atoms with Gasteiger partial charge in [0.25, 0.3) is 5.56 Å². The molecule has 0 spiro atoms. The number of benzene rings is 1. The molecule has 0 bridgehead atoms. The standard InChI is InChI=1S/C14H17N3O3S/c1-14(2,3)20-11(18)7-21-13-16-10-5-4-8(15)6-9(10)12(19)17-13/h4-6H,7,15H2,1-3H3,(H,16,17,19). The number of rotatable bonds is 3. The maximum Gasteiger partial charge on any atom is 0.316 e. The minimum atomic E-state index is -0.528. The number of esters is 1. The van der Waals surface area contributed by atoms with Crippen molar-refractivity contribution < 1.29 is 9.53 Å². The number of fused-ring (bicyclic) bond motifs is 1. The number of aromatic amines is 1. The summed E-state index contributed by atoms with van der Waals surface area (Å²) in [6, 6.07) is 4.93. The minimum Gasteiger partial charge on any atom is -0.459 e. The van der Waals surface area contributed by atoms with Gasteiger partial charge in [-0.25, -0.2) is 4.98 Å². The molecule has 1 aromatic heterocycles. The van der Waals surface area contributed by atoms with Gasteiger partial charge in [-0.1, -0.05) is 11.8 Å². The highest BCUT2D eigenvalue weighted by molar-refractivity contribution is 7.99.